The van der Waals surface area contributed by atoms with Crippen LogP contribution in [0, 0.1) is 0 Å². The summed E-state index contributed by atoms with van der Waals surface area (Å²) in [7, 11) is 0. The molecule has 0 spiro atoms. The first kappa shape index (κ1) is 17.2. The third-order valence-electron chi connectivity index (χ3n) is 3.09. The number of hydrogen-bond acceptors (Lipinski definition) is 2. The van der Waals surface area contributed by atoms with Crippen LogP contribution in [0.3, 0.4) is 0 Å². The molecule has 0 rings (SSSR count). The molecule has 0 aromatic carbocycles. The van der Waals surface area contributed by atoms with Gasteiger partial charge in [0.05, 0.1) is 6.61 Å². The van der Waals surface area contributed by atoms with Gasteiger partial charge < -0.3 is 4.74 Å². The molecule has 0 aliphatic carbocycles. The molecule has 18 heavy (non-hydrogen) atoms. The average molecular weight is 254 g/mol. The van der Waals surface area contributed by atoms with E-state index in [-0.39, 0.29) is 5.97 Å². The van der Waals surface area contributed by atoms with Gasteiger partial charge in [0.15, 0.2) is 0 Å². The molecule has 0 aromatic heterocycles. The topological polar surface area (TPSA) is 26.3 Å². The number of allylic oxidation sites excluding steroid dienone is 1. The van der Waals surface area contributed by atoms with Gasteiger partial charge in [0.1, 0.15) is 0 Å². The van der Waals surface area contributed by atoms with Gasteiger partial charge in [-0.05, 0) is 26.2 Å². The Morgan fingerprint density at radius 2 is 1.44 bits per heavy atom. The zero-order valence-corrected chi connectivity index (χ0v) is 12.1. The highest BCUT2D eigenvalue weighted by Gasteiger charge is 2.00. The van der Waals surface area contributed by atoms with Crippen LogP contribution in [0.4, 0.5) is 0 Å². The van der Waals surface area contributed by atoms with Crippen LogP contribution in [0.2, 0.25) is 0 Å². The van der Waals surface area contributed by atoms with Crippen LogP contribution in [-0.4, -0.2) is 12.6 Å². The molecular weight excluding hydrogens is 224 g/mol. The fraction of sp³-hybridized carbons (Fsp3) is 0.812. The summed E-state index contributed by atoms with van der Waals surface area (Å²) in [5.41, 5.74) is 0. The SMILES string of the molecule is C=CCCCCCCCCCCCC(=O)OCC. The Bertz CT molecular complexity index is 199. The summed E-state index contributed by atoms with van der Waals surface area (Å²) in [5.74, 6) is -0.0419. The van der Waals surface area contributed by atoms with Crippen LogP contribution >= 0.6 is 0 Å². The van der Waals surface area contributed by atoms with Gasteiger partial charge in [-0.2, -0.15) is 0 Å². The van der Waals surface area contributed by atoms with E-state index in [2.05, 4.69) is 6.58 Å². The highest BCUT2D eigenvalue weighted by atomic mass is 16.5. The zero-order chi connectivity index (χ0) is 13.5. The second kappa shape index (κ2) is 14.3. The Morgan fingerprint density at radius 1 is 0.944 bits per heavy atom. The fourth-order valence-corrected chi connectivity index (χ4v) is 2.03. The Labute approximate surface area is 113 Å². The van der Waals surface area contributed by atoms with E-state index in [4.69, 9.17) is 4.74 Å². The van der Waals surface area contributed by atoms with Gasteiger partial charge in [-0.1, -0.05) is 51.0 Å². The lowest BCUT2D eigenvalue weighted by molar-refractivity contribution is -0.143. The van der Waals surface area contributed by atoms with E-state index in [0.29, 0.717) is 13.0 Å². The van der Waals surface area contributed by atoms with E-state index in [1.807, 2.05) is 13.0 Å². The highest BCUT2D eigenvalue weighted by molar-refractivity contribution is 5.69. The van der Waals surface area contributed by atoms with Crippen LogP contribution in [0.5, 0.6) is 0 Å². The third-order valence-corrected chi connectivity index (χ3v) is 3.09. The molecule has 0 bridgehead atoms. The monoisotopic (exact) mass is 254 g/mol. The van der Waals surface area contributed by atoms with Crippen LogP contribution in [-0.2, 0) is 9.53 Å². The summed E-state index contributed by atoms with van der Waals surface area (Å²) >= 11 is 0. The van der Waals surface area contributed by atoms with Crippen LogP contribution in [0.1, 0.15) is 77.6 Å². The van der Waals surface area contributed by atoms with Crippen LogP contribution in [0.15, 0.2) is 12.7 Å². The smallest absolute Gasteiger partial charge is 0.305 e. The van der Waals surface area contributed by atoms with Gasteiger partial charge in [0, 0.05) is 6.42 Å². The average Bonchev–Trinajstić information content (AvgIpc) is 2.36. The number of ether oxygens (including phenoxy) is 1. The normalized spacial score (nSPS) is 10.3. The van der Waals surface area contributed by atoms with Gasteiger partial charge in [-0.25, -0.2) is 0 Å². The number of unbranched alkanes of at least 4 members (excludes halogenated alkanes) is 9. The maximum Gasteiger partial charge on any atom is 0.305 e. The van der Waals surface area contributed by atoms with Crippen molar-refractivity contribution >= 4 is 5.97 Å². The molecule has 0 unspecified atom stereocenters. The maximum atomic E-state index is 11.1. The third kappa shape index (κ3) is 13.3. The highest BCUT2D eigenvalue weighted by Crippen LogP contribution is 2.11. The minimum absolute atomic E-state index is 0.0419. The number of carbonyl (C=O) groups is 1. The molecule has 0 amide bonds. The predicted molar refractivity (Wildman–Crippen MR) is 77.6 cm³/mol. The van der Waals surface area contributed by atoms with E-state index < -0.39 is 0 Å². The summed E-state index contributed by atoms with van der Waals surface area (Å²) in [6, 6.07) is 0. The van der Waals surface area contributed by atoms with Gasteiger partial charge in [0.25, 0.3) is 0 Å². The largest absolute Gasteiger partial charge is 0.466 e. The van der Waals surface area contributed by atoms with Crippen molar-refractivity contribution in [3.8, 4) is 0 Å². The number of rotatable bonds is 13. The molecule has 0 N–H and O–H groups in total. The summed E-state index contributed by atoms with van der Waals surface area (Å²) in [4.78, 5) is 11.1. The van der Waals surface area contributed by atoms with Gasteiger partial charge in [-0.3, -0.25) is 4.79 Å². The molecule has 0 saturated heterocycles. The van der Waals surface area contributed by atoms with E-state index in [0.717, 1.165) is 19.3 Å². The molecule has 106 valence electrons. The quantitative estimate of drug-likeness (QED) is 0.262. The van der Waals surface area contributed by atoms with Crippen molar-refractivity contribution in [3.63, 3.8) is 0 Å². The molecule has 0 radical (unpaired) electrons. The second-order valence-electron chi connectivity index (χ2n) is 4.81. The maximum absolute atomic E-state index is 11.1. The number of carbonyl (C=O) groups excluding carboxylic acids is 1. The first-order chi connectivity index (χ1) is 8.81. The molecule has 0 atom stereocenters. The standard InChI is InChI=1S/C16H30O2/c1-3-5-6-7-8-9-10-11-12-13-14-15-16(17)18-4-2/h3H,1,4-15H2,2H3. The summed E-state index contributed by atoms with van der Waals surface area (Å²) in [6.07, 6.45) is 15.2. The van der Waals surface area contributed by atoms with Crippen molar-refractivity contribution in [2.45, 2.75) is 77.6 Å². The Kier molecular flexibility index (Phi) is 13.6. The summed E-state index contributed by atoms with van der Waals surface area (Å²) in [6.45, 7) is 6.09. The van der Waals surface area contributed by atoms with Crippen molar-refractivity contribution < 1.29 is 9.53 Å². The molecule has 0 aliphatic rings. The van der Waals surface area contributed by atoms with Gasteiger partial charge in [-0.15, -0.1) is 6.58 Å². The first-order valence-corrected chi connectivity index (χ1v) is 7.57. The molecule has 0 fully saturated rings. The Balaban J connectivity index is 3.03. The Morgan fingerprint density at radius 3 is 1.94 bits per heavy atom. The zero-order valence-electron chi connectivity index (χ0n) is 12.1. The molecule has 0 aliphatic heterocycles. The van der Waals surface area contributed by atoms with Crippen LogP contribution in [0.25, 0.3) is 0 Å². The lowest BCUT2D eigenvalue weighted by Gasteiger charge is -2.02. The van der Waals surface area contributed by atoms with Crippen molar-refractivity contribution in [3.05, 3.63) is 12.7 Å². The number of hydrogen-bond donors (Lipinski definition) is 0. The Hall–Kier alpha value is -0.790. The minimum atomic E-state index is -0.0419. The fourth-order valence-electron chi connectivity index (χ4n) is 2.03. The van der Waals surface area contributed by atoms with E-state index in [9.17, 15) is 4.79 Å². The first-order valence-electron chi connectivity index (χ1n) is 7.57. The van der Waals surface area contributed by atoms with Crippen molar-refractivity contribution in [2.75, 3.05) is 6.61 Å². The van der Waals surface area contributed by atoms with Crippen molar-refractivity contribution in [2.24, 2.45) is 0 Å². The van der Waals surface area contributed by atoms with Crippen molar-refractivity contribution in [1.29, 1.82) is 0 Å². The molecule has 2 heteroatoms. The minimum Gasteiger partial charge on any atom is -0.466 e. The van der Waals surface area contributed by atoms with Crippen LogP contribution < -0.4 is 0 Å². The summed E-state index contributed by atoms with van der Waals surface area (Å²) in [5, 5.41) is 0. The molecule has 0 heterocycles. The van der Waals surface area contributed by atoms with E-state index >= 15 is 0 Å². The van der Waals surface area contributed by atoms with E-state index in [1.165, 1.54) is 44.9 Å². The lowest BCUT2D eigenvalue weighted by atomic mass is 10.1. The molecule has 0 aromatic rings. The lowest BCUT2D eigenvalue weighted by Crippen LogP contribution is -2.03. The molecular formula is C16H30O2. The second-order valence-corrected chi connectivity index (χ2v) is 4.81. The van der Waals surface area contributed by atoms with E-state index in [1.54, 1.807) is 0 Å². The van der Waals surface area contributed by atoms with Crippen molar-refractivity contribution in [1.82, 2.24) is 0 Å². The molecule has 2 nitrogen and oxygen atoms in total. The van der Waals surface area contributed by atoms with Gasteiger partial charge in [0.2, 0.25) is 0 Å². The van der Waals surface area contributed by atoms with Gasteiger partial charge >= 0.3 is 5.97 Å². The predicted octanol–water partition coefficient (Wildman–Crippen LogP) is 5.03. The molecule has 0 saturated carbocycles. The number of esters is 1. The summed E-state index contributed by atoms with van der Waals surface area (Å²) < 4.78 is 4.89.